The fourth-order valence-corrected chi connectivity index (χ4v) is 4.48. The standard InChI is InChI=1S/C19H23NO3S/c1-23-14-15-6-4-10-18(12-15)24(21,22)20-13-17-9-5-8-16-7-2-3-11-19(16)17/h2-4,6-7,10-12,17,20H,5,8-9,13-14H2,1H3. The number of fused-ring (bicyclic) bond motifs is 1. The molecule has 1 N–H and O–H groups in total. The first-order valence-electron chi connectivity index (χ1n) is 8.25. The number of benzene rings is 2. The number of rotatable bonds is 6. The lowest BCUT2D eigenvalue weighted by Crippen LogP contribution is -2.30. The van der Waals surface area contributed by atoms with E-state index in [4.69, 9.17) is 4.74 Å². The van der Waals surface area contributed by atoms with E-state index >= 15 is 0 Å². The first-order chi connectivity index (χ1) is 11.6. The zero-order valence-electron chi connectivity index (χ0n) is 13.9. The predicted octanol–water partition coefficient (Wildman–Crippen LogP) is 3.23. The molecule has 0 spiro atoms. The molecule has 4 nitrogen and oxygen atoms in total. The Labute approximate surface area is 143 Å². The molecule has 0 saturated heterocycles. The quantitative estimate of drug-likeness (QED) is 0.874. The minimum Gasteiger partial charge on any atom is -0.380 e. The Hall–Kier alpha value is -1.69. The summed E-state index contributed by atoms with van der Waals surface area (Å²) in [7, 11) is -1.91. The van der Waals surface area contributed by atoms with Crippen molar-refractivity contribution < 1.29 is 13.2 Å². The number of sulfonamides is 1. The van der Waals surface area contributed by atoms with E-state index < -0.39 is 10.0 Å². The van der Waals surface area contributed by atoms with Crippen LogP contribution in [-0.2, 0) is 27.8 Å². The lowest BCUT2D eigenvalue weighted by atomic mass is 9.83. The third kappa shape index (κ3) is 3.86. The summed E-state index contributed by atoms with van der Waals surface area (Å²) in [5.41, 5.74) is 3.47. The van der Waals surface area contributed by atoms with Crippen LogP contribution >= 0.6 is 0 Å². The van der Waals surface area contributed by atoms with Gasteiger partial charge in [-0.3, -0.25) is 0 Å². The topological polar surface area (TPSA) is 55.4 Å². The molecule has 128 valence electrons. The van der Waals surface area contributed by atoms with E-state index in [-0.39, 0.29) is 5.92 Å². The van der Waals surface area contributed by atoms with Crippen molar-refractivity contribution in [1.82, 2.24) is 4.72 Å². The Bertz CT molecular complexity index is 802. The molecule has 1 aliphatic rings. The van der Waals surface area contributed by atoms with Gasteiger partial charge >= 0.3 is 0 Å². The highest BCUT2D eigenvalue weighted by molar-refractivity contribution is 7.89. The molecule has 0 bridgehead atoms. The number of methoxy groups -OCH3 is 1. The summed E-state index contributed by atoms with van der Waals surface area (Å²) in [6.07, 6.45) is 3.20. The van der Waals surface area contributed by atoms with Gasteiger partial charge in [-0.15, -0.1) is 0 Å². The molecule has 24 heavy (non-hydrogen) atoms. The van der Waals surface area contributed by atoms with Gasteiger partial charge in [-0.05, 0) is 54.0 Å². The van der Waals surface area contributed by atoms with E-state index in [0.29, 0.717) is 18.0 Å². The Morgan fingerprint density at radius 3 is 2.83 bits per heavy atom. The molecule has 2 aromatic carbocycles. The van der Waals surface area contributed by atoms with Crippen molar-refractivity contribution in [2.45, 2.75) is 36.7 Å². The van der Waals surface area contributed by atoms with E-state index in [0.717, 1.165) is 24.8 Å². The van der Waals surface area contributed by atoms with E-state index in [1.807, 2.05) is 18.2 Å². The SMILES string of the molecule is COCc1cccc(S(=O)(=O)NCC2CCCc3ccccc32)c1. The number of hydrogen-bond donors (Lipinski definition) is 1. The maximum absolute atomic E-state index is 12.6. The Morgan fingerprint density at radius 2 is 2.00 bits per heavy atom. The van der Waals surface area contributed by atoms with Crippen LogP contribution in [0.4, 0.5) is 0 Å². The van der Waals surface area contributed by atoms with Gasteiger partial charge in [0.15, 0.2) is 0 Å². The van der Waals surface area contributed by atoms with Crippen molar-refractivity contribution in [1.29, 1.82) is 0 Å². The fourth-order valence-electron chi connectivity index (χ4n) is 3.33. The van der Waals surface area contributed by atoms with E-state index in [1.54, 1.807) is 25.3 Å². The van der Waals surface area contributed by atoms with Crippen molar-refractivity contribution in [3.05, 3.63) is 65.2 Å². The zero-order valence-corrected chi connectivity index (χ0v) is 14.7. The highest BCUT2D eigenvalue weighted by Crippen LogP contribution is 2.31. The average Bonchev–Trinajstić information content (AvgIpc) is 2.60. The van der Waals surface area contributed by atoms with Crippen LogP contribution in [0.5, 0.6) is 0 Å². The highest BCUT2D eigenvalue weighted by atomic mass is 32.2. The third-order valence-corrected chi connectivity index (χ3v) is 5.95. The average molecular weight is 345 g/mol. The summed E-state index contributed by atoms with van der Waals surface area (Å²) < 4.78 is 33.0. The lowest BCUT2D eigenvalue weighted by Gasteiger charge is -2.25. The van der Waals surface area contributed by atoms with Crippen molar-refractivity contribution >= 4 is 10.0 Å². The van der Waals surface area contributed by atoms with Gasteiger partial charge in [-0.2, -0.15) is 0 Å². The smallest absolute Gasteiger partial charge is 0.240 e. The molecular weight excluding hydrogens is 322 g/mol. The molecule has 0 saturated carbocycles. The second kappa shape index (κ2) is 7.47. The van der Waals surface area contributed by atoms with Gasteiger partial charge in [0.1, 0.15) is 0 Å². The molecule has 1 unspecified atom stereocenters. The van der Waals surface area contributed by atoms with Crippen LogP contribution in [0.3, 0.4) is 0 Å². The van der Waals surface area contributed by atoms with Crippen LogP contribution in [0, 0.1) is 0 Å². The van der Waals surface area contributed by atoms with Gasteiger partial charge in [-0.25, -0.2) is 13.1 Å². The maximum atomic E-state index is 12.6. The van der Waals surface area contributed by atoms with Gasteiger partial charge in [0.2, 0.25) is 10.0 Å². The molecular formula is C19H23NO3S. The third-order valence-electron chi connectivity index (χ3n) is 4.53. The summed E-state index contributed by atoms with van der Waals surface area (Å²) in [5.74, 6) is 0.242. The van der Waals surface area contributed by atoms with Crippen molar-refractivity contribution in [3.8, 4) is 0 Å². The Kier molecular flexibility index (Phi) is 5.33. The number of nitrogens with one attached hydrogen (secondary N) is 1. The molecule has 0 aromatic heterocycles. The van der Waals surface area contributed by atoms with E-state index in [1.165, 1.54) is 11.1 Å². The van der Waals surface area contributed by atoms with Crippen LogP contribution in [-0.4, -0.2) is 22.1 Å². The first-order valence-corrected chi connectivity index (χ1v) is 9.74. The second-order valence-corrected chi connectivity index (χ2v) is 7.99. The fraction of sp³-hybridized carbons (Fsp3) is 0.368. The van der Waals surface area contributed by atoms with Crippen molar-refractivity contribution in [3.63, 3.8) is 0 Å². The molecule has 2 aromatic rings. The zero-order chi connectivity index (χ0) is 17.0. The molecule has 0 aliphatic heterocycles. The van der Waals surface area contributed by atoms with Crippen molar-refractivity contribution in [2.24, 2.45) is 0 Å². The highest BCUT2D eigenvalue weighted by Gasteiger charge is 2.22. The van der Waals surface area contributed by atoms with Gasteiger partial charge in [0, 0.05) is 13.7 Å². The molecule has 1 atom stereocenters. The number of hydrogen-bond acceptors (Lipinski definition) is 3. The van der Waals surface area contributed by atoms with Gasteiger partial charge < -0.3 is 4.74 Å². The van der Waals surface area contributed by atoms with Crippen LogP contribution in [0.2, 0.25) is 0 Å². The summed E-state index contributed by atoms with van der Waals surface area (Å²) in [6, 6.07) is 15.2. The molecule has 5 heteroatoms. The largest absolute Gasteiger partial charge is 0.380 e. The first kappa shape index (κ1) is 17.1. The summed E-state index contributed by atoms with van der Waals surface area (Å²) in [5, 5.41) is 0. The Balaban J connectivity index is 1.73. The van der Waals surface area contributed by atoms with Gasteiger partial charge in [-0.1, -0.05) is 36.4 Å². The van der Waals surface area contributed by atoms with E-state index in [2.05, 4.69) is 16.9 Å². The molecule has 0 amide bonds. The van der Waals surface area contributed by atoms with Crippen molar-refractivity contribution in [2.75, 3.05) is 13.7 Å². The molecule has 0 fully saturated rings. The molecule has 1 aliphatic carbocycles. The van der Waals surface area contributed by atoms with Crippen LogP contribution in [0.15, 0.2) is 53.4 Å². The predicted molar refractivity (Wildman–Crippen MR) is 94.5 cm³/mol. The minimum atomic E-state index is -3.51. The monoisotopic (exact) mass is 345 g/mol. The number of aryl methyl sites for hydroxylation is 1. The molecule has 0 radical (unpaired) electrons. The Morgan fingerprint density at radius 1 is 1.17 bits per heavy atom. The van der Waals surface area contributed by atoms with Crippen LogP contribution < -0.4 is 4.72 Å². The molecule has 3 rings (SSSR count). The summed E-state index contributed by atoms with van der Waals surface area (Å²) in [6.45, 7) is 0.840. The summed E-state index contributed by atoms with van der Waals surface area (Å²) >= 11 is 0. The normalized spacial score (nSPS) is 17.5. The maximum Gasteiger partial charge on any atom is 0.240 e. The van der Waals surface area contributed by atoms with E-state index in [9.17, 15) is 8.42 Å². The van der Waals surface area contributed by atoms with Gasteiger partial charge in [0.05, 0.1) is 11.5 Å². The number of ether oxygens (including phenoxy) is 1. The minimum absolute atomic E-state index is 0.242. The van der Waals surface area contributed by atoms with Crippen LogP contribution in [0.25, 0.3) is 0 Å². The lowest BCUT2D eigenvalue weighted by molar-refractivity contribution is 0.184. The second-order valence-electron chi connectivity index (χ2n) is 6.22. The molecule has 0 heterocycles. The van der Waals surface area contributed by atoms with Gasteiger partial charge in [0.25, 0.3) is 0 Å². The summed E-state index contributed by atoms with van der Waals surface area (Å²) in [4.78, 5) is 0.293. The van der Waals surface area contributed by atoms with Crippen LogP contribution in [0.1, 0.15) is 35.4 Å².